The highest BCUT2D eigenvalue weighted by atomic mass is 32.2. The van der Waals surface area contributed by atoms with Crippen LogP contribution in [-0.4, -0.2) is 27.3 Å². The SMILES string of the molecule is CNc1ccc(-n2c(SC(C)(C)C(=O)OCc3oc(=O)oc3C)nc3ccccc32)c(F)c1. The van der Waals surface area contributed by atoms with E-state index in [4.69, 9.17) is 13.6 Å². The van der Waals surface area contributed by atoms with E-state index in [2.05, 4.69) is 10.3 Å². The van der Waals surface area contributed by atoms with Gasteiger partial charge in [0.05, 0.1) is 16.7 Å². The number of aromatic nitrogens is 2. The van der Waals surface area contributed by atoms with Crippen LogP contribution in [0.25, 0.3) is 16.7 Å². The summed E-state index contributed by atoms with van der Waals surface area (Å²) in [7, 11) is 1.71. The van der Waals surface area contributed by atoms with Crippen LogP contribution in [0.5, 0.6) is 0 Å². The molecule has 0 aliphatic heterocycles. The van der Waals surface area contributed by atoms with Gasteiger partial charge in [-0.25, -0.2) is 14.2 Å². The molecule has 0 aliphatic carbocycles. The summed E-state index contributed by atoms with van der Waals surface area (Å²) in [5.74, 6) is -1.45. The summed E-state index contributed by atoms with van der Waals surface area (Å²) >= 11 is 1.14. The van der Waals surface area contributed by atoms with E-state index < -0.39 is 22.4 Å². The van der Waals surface area contributed by atoms with Gasteiger partial charge in [0, 0.05) is 12.7 Å². The average molecular weight is 472 g/mol. The number of imidazole rings is 1. The van der Waals surface area contributed by atoms with Crippen molar-refractivity contribution < 1.29 is 22.8 Å². The number of nitrogens with one attached hydrogen (secondary N) is 1. The van der Waals surface area contributed by atoms with Crippen molar-refractivity contribution in [2.45, 2.75) is 37.3 Å². The van der Waals surface area contributed by atoms with Crippen molar-refractivity contribution in [2.75, 3.05) is 12.4 Å². The molecule has 4 rings (SSSR count). The Kier molecular flexibility index (Phi) is 6.03. The molecule has 1 N–H and O–H groups in total. The highest BCUT2D eigenvalue weighted by Crippen LogP contribution is 2.37. The molecule has 2 aromatic carbocycles. The molecule has 0 saturated carbocycles. The molecule has 33 heavy (non-hydrogen) atoms. The Labute approximate surface area is 192 Å². The van der Waals surface area contributed by atoms with E-state index in [0.29, 0.717) is 27.6 Å². The van der Waals surface area contributed by atoms with Crippen LogP contribution in [0.1, 0.15) is 25.4 Å². The summed E-state index contributed by atoms with van der Waals surface area (Å²) in [4.78, 5) is 28.7. The minimum absolute atomic E-state index is 0.146. The smallest absolute Gasteiger partial charge is 0.456 e. The number of halogens is 1. The fourth-order valence-electron chi connectivity index (χ4n) is 3.23. The van der Waals surface area contributed by atoms with Crippen LogP contribution in [0.3, 0.4) is 0 Å². The van der Waals surface area contributed by atoms with Crippen molar-refractivity contribution in [3.63, 3.8) is 0 Å². The number of aryl methyl sites for hydroxylation is 1. The van der Waals surface area contributed by atoms with Crippen LogP contribution < -0.4 is 11.1 Å². The Balaban J connectivity index is 1.66. The second kappa shape index (κ2) is 8.78. The van der Waals surface area contributed by atoms with E-state index in [9.17, 15) is 9.59 Å². The number of esters is 1. The normalized spacial score (nSPS) is 11.7. The van der Waals surface area contributed by atoms with Crippen LogP contribution in [0, 0.1) is 12.7 Å². The molecule has 0 radical (unpaired) electrons. The fourth-order valence-corrected chi connectivity index (χ4v) is 4.26. The van der Waals surface area contributed by atoms with Crippen molar-refractivity contribution >= 4 is 34.5 Å². The second-order valence-corrected chi connectivity index (χ2v) is 9.35. The number of carbonyl (C=O) groups is 1. The molecule has 0 atom stereocenters. The first-order chi connectivity index (χ1) is 15.7. The summed E-state index contributed by atoms with van der Waals surface area (Å²) in [6.45, 7) is 4.67. The highest BCUT2D eigenvalue weighted by molar-refractivity contribution is 8.01. The first-order valence-electron chi connectivity index (χ1n) is 10.1. The van der Waals surface area contributed by atoms with Gasteiger partial charge in [-0.2, -0.15) is 0 Å². The van der Waals surface area contributed by atoms with Gasteiger partial charge in [0.15, 0.2) is 23.3 Å². The number of fused-ring (bicyclic) bond motifs is 1. The Morgan fingerprint density at radius 3 is 2.67 bits per heavy atom. The third kappa shape index (κ3) is 4.51. The molecule has 172 valence electrons. The summed E-state index contributed by atoms with van der Waals surface area (Å²) in [5.41, 5.74) is 2.32. The minimum Gasteiger partial charge on any atom is -0.456 e. The Morgan fingerprint density at radius 1 is 1.24 bits per heavy atom. The van der Waals surface area contributed by atoms with Gasteiger partial charge in [-0.05, 0) is 51.1 Å². The zero-order valence-corrected chi connectivity index (χ0v) is 19.3. The number of para-hydroxylation sites is 2. The van der Waals surface area contributed by atoms with E-state index in [0.717, 1.165) is 11.8 Å². The van der Waals surface area contributed by atoms with E-state index in [1.807, 2.05) is 24.3 Å². The van der Waals surface area contributed by atoms with Crippen molar-refractivity contribution in [2.24, 2.45) is 0 Å². The maximum absolute atomic E-state index is 15.0. The molecule has 4 aromatic rings. The Morgan fingerprint density at radius 2 is 2.00 bits per heavy atom. The maximum Gasteiger partial charge on any atom is 0.519 e. The van der Waals surface area contributed by atoms with Crippen LogP contribution >= 0.6 is 11.8 Å². The lowest BCUT2D eigenvalue weighted by atomic mass is 10.2. The number of hydrogen-bond donors (Lipinski definition) is 1. The summed E-state index contributed by atoms with van der Waals surface area (Å²) in [6, 6.07) is 12.2. The molecular weight excluding hydrogens is 449 g/mol. The van der Waals surface area contributed by atoms with Crippen molar-refractivity contribution in [1.82, 2.24) is 9.55 Å². The number of thioether (sulfide) groups is 1. The van der Waals surface area contributed by atoms with E-state index in [1.54, 1.807) is 44.5 Å². The molecule has 8 nitrogen and oxygen atoms in total. The monoisotopic (exact) mass is 471 g/mol. The van der Waals surface area contributed by atoms with Gasteiger partial charge in [0.2, 0.25) is 0 Å². The zero-order valence-electron chi connectivity index (χ0n) is 18.5. The first kappa shape index (κ1) is 22.7. The summed E-state index contributed by atoms with van der Waals surface area (Å²) < 4.78 is 30.6. The van der Waals surface area contributed by atoms with Gasteiger partial charge in [0.25, 0.3) is 0 Å². The minimum atomic E-state index is -1.08. The highest BCUT2D eigenvalue weighted by Gasteiger charge is 2.34. The first-order valence-corrected chi connectivity index (χ1v) is 10.9. The summed E-state index contributed by atoms with van der Waals surface area (Å²) in [5, 5.41) is 3.34. The molecule has 0 fully saturated rings. The zero-order chi connectivity index (χ0) is 23.8. The fraction of sp³-hybridized carbons (Fsp3) is 0.261. The van der Waals surface area contributed by atoms with Gasteiger partial charge in [-0.1, -0.05) is 23.9 Å². The van der Waals surface area contributed by atoms with Crippen molar-refractivity contribution in [1.29, 1.82) is 0 Å². The third-order valence-corrected chi connectivity index (χ3v) is 6.15. The number of hydrogen-bond acceptors (Lipinski definition) is 8. The lowest BCUT2D eigenvalue weighted by molar-refractivity contribution is -0.147. The molecule has 0 spiro atoms. The molecule has 2 aromatic heterocycles. The molecule has 0 aliphatic rings. The number of rotatable bonds is 7. The van der Waals surface area contributed by atoms with Crippen LogP contribution in [0.2, 0.25) is 0 Å². The van der Waals surface area contributed by atoms with Gasteiger partial charge >= 0.3 is 11.8 Å². The van der Waals surface area contributed by atoms with Gasteiger partial charge in [-0.15, -0.1) is 0 Å². The van der Waals surface area contributed by atoms with Gasteiger partial charge in [0.1, 0.15) is 10.6 Å². The number of anilines is 1. The largest absolute Gasteiger partial charge is 0.519 e. The summed E-state index contributed by atoms with van der Waals surface area (Å²) in [6.07, 6.45) is 0. The Hall–Kier alpha value is -3.53. The lowest BCUT2D eigenvalue weighted by Gasteiger charge is -2.22. The van der Waals surface area contributed by atoms with E-state index in [-0.39, 0.29) is 18.1 Å². The second-order valence-electron chi connectivity index (χ2n) is 7.76. The molecule has 0 bridgehead atoms. The van der Waals surface area contributed by atoms with E-state index in [1.165, 1.54) is 6.07 Å². The lowest BCUT2D eigenvalue weighted by Crippen LogP contribution is -2.30. The number of ether oxygens (including phenoxy) is 1. The van der Waals surface area contributed by atoms with Crippen molar-refractivity contribution in [3.8, 4) is 5.69 Å². The predicted octanol–water partition coefficient (Wildman–Crippen LogP) is 4.68. The number of nitrogens with zero attached hydrogens (tertiary/aromatic N) is 2. The molecule has 10 heteroatoms. The topological polar surface area (TPSA) is 99.5 Å². The van der Waals surface area contributed by atoms with Crippen LogP contribution in [0.15, 0.2) is 61.2 Å². The molecule has 2 heterocycles. The molecule has 0 saturated heterocycles. The van der Waals surface area contributed by atoms with Crippen molar-refractivity contribution in [3.05, 3.63) is 70.4 Å². The quantitative estimate of drug-likeness (QED) is 0.307. The van der Waals surface area contributed by atoms with E-state index >= 15 is 4.39 Å². The predicted molar refractivity (Wildman–Crippen MR) is 122 cm³/mol. The molecule has 0 unspecified atom stereocenters. The maximum atomic E-state index is 15.0. The number of carbonyl (C=O) groups excluding carboxylic acids is 1. The molecular formula is C23H22FN3O5S. The standard InChI is InChI=1S/C23H22FN3O5S/c1-13-19(32-22(29)31-13)12-30-20(28)23(2,3)33-21-26-16-7-5-6-8-18(16)27(21)17-10-9-14(25-4)11-15(17)24/h5-11,25H,12H2,1-4H3. The average Bonchev–Trinajstić information content (AvgIpc) is 3.29. The van der Waals surface area contributed by atoms with Gasteiger partial charge < -0.3 is 18.9 Å². The third-order valence-electron chi connectivity index (χ3n) is 5.02. The van der Waals surface area contributed by atoms with Crippen LogP contribution in [0.4, 0.5) is 10.1 Å². The number of benzene rings is 2. The van der Waals surface area contributed by atoms with Crippen LogP contribution in [-0.2, 0) is 16.1 Å². The molecule has 0 amide bonds. The Bertz CT molecular complexity index is 1390. The van der Waals surface area contributed by atoms with Gasteiger partial charge in [-0.3, -0.25) is 9.36 Å².